The van der Waals surface area contributed by atoms with Crippen molar-refractivity contribution in [3.8, 4) is 0 Å². The molecule has 0 aliphatic carbocycles. The third-order valence-corrected chi connectivity index (χ3v) is 2.75. The lowest BCUT2D eigenvalue weighted by Crippen LogP contribution is -2.24. The van der Waals surface area contributed by atoms with Crippen LogP contribution in [0.4, 0.5) is 0 Å². The second-order valence-electron chi connectivity index (χ2n) is 4.00. The summed E-state index contributed by atoms with van der Waals surface area (Å²) in [6, 6.07) is 0. The minimum Gasteiger partial charge on any atom is -0.338 e. The Morgan fingerprint density at radius 1 is 1.19 bits per heavy atom. The monoisotopic (exact) mass is 246 g/mol. The molecule has 1 aromatic heterocycles. The van der Waals surface area contributed by atoms with Crippen LogP contribution in [0.1, 0.15) is 37.4 Å². The summed E-state index contributed by atoms with van der Waals surface area (Å²) in [4.78, 5) is 6.60. The number of likely N-dealkylation sites (tertiary alicyclic amines) is 1. The number of halogens is 1. The molecule has 0 atom stereocenters. The second-order valence-corrected chi connectivity index (χ2v) is 4.00. The predicted octanol–water partition coefficient (Wildman–Crippen LogP) is 1.33. The van der Waals surface area contributed by atoms with Gasteiger partial charge >= 0.3 is 0 Å². The van der Waals surface area contributed by atoms with Gasteiger partial charge in [0.25, 0.3) is 0 Å². The van der Waals surface area contributed by atoms with Gasteiger partial charge in [-0.05, 0) is 25.9 Å². The number of nitrogens with two attached hydrogens (primary N) is 1. The quantitative estimate of drug-likeness (QED) is 0.872. The molecular formula is C10H19ClN4O. The van der Waals surface area contributed by atoms with E-state index in [2.05, 4.69) is 15.0 Å². The number of hydrogen-bond acceptors (Lipinski definition) is 5. The van der Waals surface area contributed by atoms with Crippen LogP contribution in [0.5, 0.6) is 0 Å². The second kappa shape index (κ2) is 6.83. The van der Waals surface area contributed by atoms with Gasteiger partial charge in [-0.2, -0.15) is 4.98 Å². The number of rotatable bonds is 3. The normalized spacial score (nSPS) is 17.8. The van der Waals surface area contributed by atoms with Gasteiger partial charge in [0.2, 0.25) is 5.89 Å². The van der Waals surface area contributed by atoms with Crippen molar-refractivity contribution >= 4 is 12.4 Å². The molecule has 0 radical (unpaired) electrons. The third-order valence-electron chi connectivity index (χ3n) is 2.75. The van der Waals surface area contributed by atoms with E-state index >= 15 is 0 Å². The Bertz CT molecular complexity index is 297. The Kier molecular flexibility index (Phi) is 5.73. The molecule has 16 heavy (non-hydrogen) atoms. The van der Waals surface area contributed by atoms with Crippen LogP contribution in [0.3, 0.4) is 0 Å². The fourth-order valence-corrected chi connectivity index (χ4v) is 1.93. The zero-order valence-electron chi connectivity index (χ0n) is 9.39. The summed E-state index contributed by atoms with van der Waals surface area (Å²) < 4.78 is 4.97. The summed E-state index contributed by atoms with van der Waals surface area (Å²) in [5.74, 6) is 1.29. The third kappa shape index (κ3) is 3.73. The molecule has 0 bridgehead atoms. The van der Waals surface area contributed by atoms with Gasteiger partial charge in [-0.25, -0.2) is 0 Å². The van der Waals surface area contributed by atoms with Gasteiger partial charge in [-0.1, -0.05) is 18.0 Å². The highest BCUT2D eigenvalue weighted by Gasteiger charge is 2.12. The zero-order valence-corrected chi connectivity index (χ0v) is 10.2. The van der Waals surface area contributed by atoms with Crippen molar-refractivity contribution in [2.45, 2.75) is 38.8 Å². The minimum absolute atomic E-state index is 0. The summed E-state index contributed by atoms with van der Waals surface area (Å²) in [6.45, 7) is 3.41. The van der Waals surface area contributed by atoms with Gasteiger partial charge in [0.15, 0.2) is 5.82 Å². The predicted molar refractivity (Wildman–Crippen MR) is 63.2 cm³/mol. The average molecular weight is 247 g/mol. The van der Waals surface area contributed by atoms with E-state index in [1.807, 2.05) is 0 Å². The highest BCUT2D eigenvalue weighted by molar-refractivity contribution is 5.85. The van der Waals surface area contributed by atoms with E-state index in [4.69, 9.17) is 10.3 Å². The highest BCUT2D eigenvalue weighted by Crippen LogP contribution is 2.11. The molecule has 6 heteroatoms. The molecular weight excluding hydrogens is 228 g/mol. The molecule has 0 saturated carbocycles. The molecule has 0 unspecified atom stereocenters. The Morgan fingerprint density at radius 3 is 2.44 bits per heavy atom. The smallest absolute Gasteiger partial charge is 0.240 e. The maximum absolute atomic E-state index is 5.41. The Hall–Kier alpha value is -0.650. The average Bonchev–Trinajstić information content (AvgIpc) is 2.54. The Morgan fingerprint density at radius 2 is 1.88 bits per heavy atom. The number of aromatic nitrogens is 2. The molecule has 0 spiro atoms. The van der Waals surface area contributed by atoms with Crippen molar-refractivity contribution in [2.24, 2.45) is 5.73 Å². The summed E-state index contributed by atoms with van der Waals surface area (Å²) in [5.41, 5.74) is 5.41. The van der Waals surface area contributed by atoms with Gasteiger partial charge < -0.3 is 10.3 Å². The summed E-state index contributed by atoms with van der Waals surface area (Å²) >= 11 is 0. The van der Waals surface area contributed by atoms with E-state index in [-0.39, 0.29) is 12.4 Å². The minimum atomic E-state index is 0. The zero-order chi connectivity index (χ0) is 10.5. The first-order chi connectivity index (χ1) is 7.38. The van der Waals surface area contributed by atoms with Crippen LogP contribution >= 0.6 is 12.4 Å². The molecule has 1 fully saturated rings. The van der Waals surface area contributed by atoms with Gasteiger partial charge in [0, 0.05) is 0 Å². The van der Waals surface area contributed by atoms with Crippen molar-refractivity contribution in [3.63, 3.8) is 0 Å². The van der Waals surface area contributed by atoms with Crippen molar-refractivity contribution < 1.29 is 4.52 Å². The highest BCUT2D eigenvalue weighted by atomic mass is 35.5. The van der Waals surface area contributed by atoms with Gasteiger partial charge in [0.1, 0.15) is 0 Å². The van der Waals surface area contributed by atoms with E-state index in [0.29, 0.717) is 12.4 Å². The van der Waals surface area contributed by atoms with Gasteiger partial charge in [-0.15, -0.1) is 12.4 Å². The molecule has 2 rings (SSSR count). The van der Waals surface area contributed by atoms with Gasteiger partial charge in [0.05, 0.1) is 13.1 Å². The van der Waals surface area contributed by atoms with E-state index < -0.39 is 0 Å². The van der Waals surface area contributed by atoms with E-state index in [9.17, 15) is 0 Å². The molecule has 1 aromatic rings. The molecule has 1 aliphatic heterocycles. The Balaban J connectivity index is 0.00000128. The fraction of sp³-hybridized carbons (Fsp3) is 0.800. The maximum atomic E-state index is 5.41. The molecule has 92 valence electrons. The van der Waals surface area contributed by atoms with Crippen molar-refractivity contribution in [1.29, 1.82) is 0 Å². The van der Waals surface area contributed by atoms with Crippen LogP contribution in [0.25, 0.3) is 0 Å². The number of hydrogen-bond donors (Lipinski definition) is 1. The Labute approximate surface area is 102 Å². The molecule has 0 aromatic carbocycles. The SMILES string of the molecule is Cl.NCc1nc(CN2CCCCCC2)no1. The first-order valence-electron chi connectivity index (χ1n) is 5.62. The van der Waals surface area contributed by atoms with Crippen LogP contribution in [0.15, 0.2) is 4.52 Å². The number of nitrogens with zero attached hydrogens (tertiary/aromatic N) is 3. The van der Waals surface area contributed by atoms with Crippen molar-refractivity contribution in [2.75, 3.05) is 13.1 Å². The molecule has 2 heterocycles. The lowest BCUT2D eigenvalue weighted by Gasteiger charge is -2.16. The van der Waals surface area contributed by atoms with Crippen LogP contribution in [-0.4, -0.2) is 28.1 Å². The fourth-order valence-electron chi connectivity index (χ4n) is 1.93. The van der Waals surface area contributed by atoms with Crippen molar-refractivity contribution in [3.05, 3.63) is 11.7 Å². The summed E-state index contributed by atoms with van der Waals surface area (Å²) in [7, 11) is 0. The van der Waals surface area contributed by atoms with Crippen LogP contribution < -0.4 is 5.73 Å². The largest absolute Gasteiger partial charge is 0.338 e. The molecule has 1 aliphatic rings. The lowest BCUT2D eigenvalue weighted by molar-refractivity contribution is 0.264. The first kappa shape index (κ1) is 13.4. The summed E-state index contributed by atoms with van der Waals surface area (Å²) in [5, 5.41) is 3.90. The standard InChI is InChI=1S/C10H18N4O.ClH/c11-7-10-12-9(13-15-10)8-14-5-3-1-2-4-6-14;/h1-8,11H2;1H. The maximum Gasteiger partial charge on any atom is 0.240 e. The molecule has 0 amide bonds. The van der Waals surface area contributed by atoms with Crippen LogP contribution in [0, 0.1) is 0 Å². The molecule has 1 saturated heterocycles. The molecule has 5 nitrogen and oxygen atoms in total. The van der Waals surface area contributed by atoms with Crippen LogP contribution in [-0.2, 0) is 13.1 Å². The van der Waals surface area contributed by atoms with E-state index in [1.54, 1.807) is 0 Å². The van der Waals surface area contributed by atoms with E-state index in [0.717, 1.165) is 25.5 Å². The van der Waals surface area contributed by atoms with Gasteiger partial charge in [-0.3, -0.25) is 4.90 Å². The topological polar surface area (TPSA) is 68.2 Å². The van der Waals surface area contributed by atoms with Crippen molar-refractivity contribution in [1.82, 2.24) is 15.0 Å². The summed E-state index contributed by atoms with van der Waals surface area (Å²) in [6.07, 6.45) is 5.25. The first-order valence-corrected chi connectivity index (χ1v) is 5.62. The van der Waals surface area contributed by atoms with Crippen LogP contribution in [0.2, 0.25) is 0 Å². The van der Waals surface area contributed by atoms with E-state index in [1.165, 1.54) is 25.7 Å². The lowest BCUT2D eigenvalue weighted by atomic mass is 10.2. The molecule has 2 N–H and O–H groups in total.